The maximum Gasteiger partial charge on any atom is 0.0702 e. The summed E-state index contributed by atoms with van der Waals surface area (Å²) < 4.78 is 12.3. The van der Waals surface area contributed by atoms with Crippen molar-refractivity contribution in [3.05, 3.63) is 9.81 Å². The van der Waals surface area contributed by atoms with Crippen molar-refractivity contribution in [3.8, 4) is 0 Å². The summed E-state index contributed by atoms with van der Waals surface area (Å²) in [4.78, 5) is 0. The van der Waals surface area contributed by atoms with Gasteiger partial charge in [-0.25, -0.2) is 0 Å². The zero-order valence-electron chi connectivity index (χ0n) is 7.05. The summed E-state index contributed by atoms with van der Waals surface area (Å²) in [5, 5.41) is 0. The van der Waals surface area contributed by atoms with Crippen molar-refractivity contribution in [2.75, 3.05) is 12.5 Å². The van der Waals surface area contributed by atoms with E-state index in [-0.39, 0.29) is 0 Å². The van der Waals surface area contributed by atoms with Crippen LogP contribution in [0.5, 0.6) is 0 Å². The molecule has 11 heavy (non-hydrogen) atoms. The monoisotopic (exact) mass is 190 g/mol. The molecule has 0 aromatic carbocycles. The Morgan fingerprint density at radius 2 is 2.00 bits per heavy atom. The molecule has 3 heteroatoms. The average molecular weight is 190 g/mol. The van der Waals surface area contributed by atoms with Crippen LogP contribution >= 0.6 is 11.8 Å². The van der Waals surface area contributed by atoms with Crippen molar-refractivity contribution in [1.29, 1.82) is 0 Å². The Morgan fingerprint density at radius 3 is 2.36 bits per heavy atom. The molecule has 1 aliphatic rings. The first kappa shape index (κ1) is 9.33. The van der Waals surface area contributed by atoms with E-state index < -0.39 is 10.8 Å². The Labute approximate surface area is 75.1 Å². The molecule has 64 valence electrons. The van der Waals surface area contributed by atoms with E-state index in [1.54, 1.807) is 18.0 Å². The molecule has 1 saturated carbocycles. The van der Waals surface area contributed by atoms with Crippen molar-refractivity contribution in [2.24, 2.45) is 0 Å². The molecular weight excluding hydrogens is 176 g/mol. The quantitative estimate of drug-likeness (QED) is 0.665. The second-order valence-electron chi connectivity index (χ2n) is 2.76. The van der Waals surface area contributed by atoms with Gasteiger partial charge in [-0.15, -0.1) is 11.8 Å². The van der Waals surface area contributed by atoms with Gasteiger partial charge in [0.2, 0.25) is 0 Å². The van der Waals surface area contributed by atoms with Crippen molar-refractivity contribution >= 4 is 22.6 Å². The molecule has 1 unspecified atom stereocenters. The van der Waals surface area contributed by atoms with Gasteiger partial charge in [-0.1, -0.05) is 0 Å². The maximum absolute atomic E-state index is 11.2. The second-order valence-corrected chi connectivity index (χ2v) is 5.15. The van der Waals surface area contributed by atoms with E-state index in [0.29, 0.717) is 0 Å². The highest BCUT2D eigenvalue weighted by atomic mass is 32.2. The summed E-state index contributed by atoms with van der Waals surface area (Å²) in [5.74, 6) is 0. The highest BCUT2D eigenvalue weighted by Gasteiger charge is 2.13. The summed E-state index contributed by atoms with van der Waals surface area (Å²) in [5.41, 5.74) is 1.44. The lowest BCUT2D eigenvalue weighted by atomic mass is 10.3. The Morgan fingerprint density at radius 1 is 1.45 bits per heavy atom. The number of hydrogen-bond donors (Lipinski definition) is 0. The Bertz CT molecular complexity index is 188. The summed E-state index contributed by atoms with van der Waals surface area (Å²) in [6.07, 6.45) is 8.72. The third kappa shape index (κ3) is 2.34. The molecule has 0 spiro atoms. The molecule has 1 nitrogen and oxygen atoms in total. The van der Waals surface area contributed by atoms with Crippen LogP contribution in [0, 0.1) is 0 Å². The Kier molecular flexibility index (Phi) is 3.66. The smallest absolute Gasteiger partial charge is 0.0702 e. The van der Waals surface area contributed by atoms with Gasteiger partial charge in [0.15, 0.2) is 0 Å². The van der Waals surface area contributed by atoms with Crippen molar-refractivity contribution in [1.82, 2.24) is 0 Å². The van der Waals surface area contributed by atoms with Gasteiger partial charge in [0.25, 0.3) is 0 Å². The molecular formula is C8H14OS2. The maximum atomic E-state index is 11.2. The molecule has 1 fully saturated rings. The van der Waals surface area contributed by atoms with Gasteiger partial charge in [-0.05, 0) is 37.5 Å². The average Bonchev–Trinajstić information content (AvgIpc) is 2.40. The van der Waals surface area contributed by atoms with Crippen LogP contribution in [0.15, 0.2) is 9.81 Å². The minimum atomic E-state index is -0.751. The van der Waals surface area contributed by atoms with Crippen LogP contribution < -0.4 is 0 Å². The molecule has 0 aromatic heterocycles. The molecule has 0 aliphatic heterocycles. The lowest BCUT2D eigenvalue weighted by Gasteiger charge is -2.03. The van der Waals surface area contributed by atoms with Crippen molar-refractivity contribution < 1.29 is 4.21 Å². The first-order chi connectivity index (χ1) is 5.25. The van der Waals surface area contributed by atoms with Crippen molar-refractivity contribution in [2.45, 2.75) is 25.7 Å². The Balaban J connectivity index is 2.78. The largest absolute Gasteiger partial charge is 0.254 e. The lowest BCUT2D eigenvalue weighted by Crippen LogP contribution is -1.91. The fourth-order valence-electron chi connectivity index (χ4n) is 1.47. The van der Waals surface area contributed by atoms with Crippen LogP contribution in [0.25, 0.3) is 0 Å². The zero-order valence-corrected chi connectivity index (χ0v) is 8.69. The fourth-order valence-corrected chi connectivity index (χ4v) is 3.51. The molecule has 0 N–H and O–H groups in total. The van der Waals surface area contributed by atoms with Gasteiger partial charge in [-0.2, -0.15) is 0 Å². The molecule has 1 rings (SSSR count). The first-order valence-electron chi connectivity index (χ1n) is 3.85. The standard InChI is InChI=1S/C8H14OS2/c1-10-8(11(2)9)7-5-3-4-6-7/h3-6H2,1-2H3. The number of rotatable bonds is 2. The predicted octanol–water partition coefficient (Wildman–Crippen LogP) is 2.51. The predicted molar refractivity (Wildman–Crippen MR) is 53.1 cm³/mol. The Hall–Kier alpha value is 0.240. The first-order valence-corrected chi connectivity index (χ1v) is 6.63. The van der Waals surface area contributed by atoms with E-state index in [2.05, 4.69) is 0 Å². The zero-order chi connectivity index (χ0) is 8.27. The lowest BCUT2D eigenvalue weighted by molar-refractivity contribution is 0.691. The van der Waals surface area contributed by atoms with Gasteiger partial charge in [-0.3, -0.25) is 4.21 Å². The number of allylic oxidation sites excluding steroid dienone is 1. The van der Waals surface area contributed by atoms with Gasteiger partial charge in [0.05, 0.1) is 15.0 Å². The van der Waals surface area contributed by atoms with Crippen LogP contribution in [0.3, 0.4) is 0 Å². The normalized spacial score (nSPS) is 20.4. The third-order valence-corrected chi connectivity index (χ3v) is 4.62. The minimum absolute atomic E-state index is 0.751. The summed E-state index contributed by atoms with van der Waals surface area (Å²) in [6.45, 7) is 0. The molecule has 0 amide bonds. The highest BCUT2D eigenvalue weighted by Crippen LogP contribution is 2.32. The van der Waals surface area contributed by atoms with Gasteiger partial charge in [0, 0.05) is 6.26 Å². The molecule has 0 heterocycles. The van der Waals surface area contributed by atoms with Crippen LogP contribution in [0.4, 0.5) is 0 Å². The summed E-state index contributed by atoms with van der Waals surface area (Å²) in [6, 6.07) is 0. The second kappa shape index (κ2) is 4.31. The minimum Gasteiger partial charge on any atom is -0.254 e. The summed E-state index contributed by atoms with van der Waals surface area (Å²) in [7, 11) is -0.751. The topological polar surface area (TPSA) is 17.1 Å². The molecule has 0 bridgehead atoms. The molecule has 0 aromatic rings. The van der Waals surface area contributed by atoms with Gasteiger partial charge >= 0.3 is 0 Å². The van der Waals surface area contributed by atoms with E-state index in [1.807, 2.05) is 6.26 Å². The summed E-state index contributed by atoms with van der Waals surface area (Å²) >= 11 is 1.65. The van der Waals surface area contributed by atoms with E-state index in [0.717, 1.165) is 4.24 Å². The molecule has 1 aliphatic carbocycles. The van der Waals surface area contributed by atoms with Crippen LogP contribution in [-0.4, -0.2) is 16.7 Å². The van der Waals surface area contributed by atoms with E-state index in [1.165, 1.54) is 31.3 Å². The van der Waals surface area contributed by atoms with E-state index >= 15 is 0 Å². The fraction of sp³-hybridized carbons (Fsp3) is 0.750. The number of thioether (sulfide) groups is 1. The van der Waals surface area contributed by atoms with Gasteiger partial charge < -0.3 is 0 Å². The van der Waals surface area contributed by atoms with Crippen molar-refractivity contribution in [3.63, 3.8) is 0 Å². The third-order valence-electron chi connectivity index (χ3n) is 1.94. The molecule has 1 atom stereocenters. The van der Waals surface area contributed by atoms with Crippen LogP contribution in [0.1, 0.15) is 25.7 Å². The van der Waals surface area contributed by atoms with E-state index in [4.69, 9.17) is 0 Å². The molecule has 0 saturated heterocycles. The SMILES string of the molecule is CSC(=C1CCCC1)S(C)=O. The number of hydrogen-bond acceptors (Lipinski definition) is 2. The van der Waals surface area contributed by atoms with Crippen LogP contribution in [-0.2, 0) is 10.8 Å². The van der Waals surface area contributed by atoms with E-state index in [9.17, 15) is 4.21 Å². The van der Waals surface area contributed by atoms with Gasteiger partial charge in [0.1, 0.15) is 0 Å². The highest BCUT2D eigenvalue weighted by molar-refractivity contribution is 8.15. The van der Waals surface area contributed by atoms with Crippen LogP contribution in [0.2, 0.25) is 0 Å². The molecule has 0 radical (unpaired) electrons.